The molecule has 1 aromatic carbocycles. The molecule has 0 radical (unpaired) electrons. The molecular weight excluding hydrogens is 341 g/mol. The first kappa shape index (κ1) is 19.3. The number of aromatic nitrogens is 2. The minimum Gasteiger partial charge on any atom is -0.287 e. The molecule has 0 saturated heterocycles. The number of halogens is 1. The van der Waals surface area contributed by atoms with Crippen LogP contribution in [0.2, 0.25) is 0 Å². The van der Waals surface area contributed by atoms with Crippen LogP contribution in [0.1, 0.15) is 37.9 Å². The lowest BCUT2D eigenvalue weighted by Crippen LogP contribution is -2.42. The lowest BCUT2D eigenvalue weighted by Gasteiger charge is -2.13. The van der Waals surface area contributed by atoms with Gasteiger partial charge in [0.25, 0.3) is 0 Å². The maximum atomic E-state index is 13.8. The van der Waals surface area contributed by atoms with Gasteiger partial charge in [0, 0.05) is 18.7 Å². The Labute approximate surface area is 149 Å². The van der Waals surface area contributed by atoms with Crippen molar-refractivity contribution in [3.63, 3.8) is 0 Å². The third-order valence-corrected chi connectivity index (χ3v) is 3.85. The second-order valence-corrected chi connectivity index (χ2v) is 5.74. The molecule has 0 spiro atoms. The van der Waals surface area contributed by atoms with Gasteiger partial charge in [-0.2, -0.15) is 0 Å². The summed E-state index contributed by atoms with van der Waals surface area (Å²) in [6, 6.07) is 5.90. The summed E-state index contributed by atoms with van der Waals surface area (Å²) < 4.78 is 15.9. The molecule has 0 saturated carbocycles. The zero-order valence-corrected chi connectivity index (χ0v) is 14.6. The number of hydrogen-bond donors (Lipinski definition) is 0. The van der Waals surface area contributed by atoms with Gasteiger partial charge in [-0.05, 0) is 31.1 Å². The lowest BCUT2D eigenvalue weighted by molar-refractivity contribution is -0.387. The first-order valence-corrected chi connectivity index (χ1v) is 8.37. The van der Waals surface area contributed by atoms with Crippen LogP contribution in [0.4, 0.5) is 10.1 Å². The van der Waals surface area contributed by atoms with Crippen LogP contribution in [0.25, 0.3) is 12.2 Å². The van der Waals surface area contributed by atoms with Crippen LogP contribution in [-0.4, -0.2) is 14.1 Å². The highest BCUT2D eigenvalue weighted by atomic mass is 19.1. The Morgan fingerprint density at radius 2 is 1.69 bits per heavy atom. The molecule has 0 N–H and O–H groups in total. The predicted molar refractivity (Wildman–Crippen MR) is 97.5 cm³/mol. The molecule has 0 unspecified atom stereocenters. The normalized spacial score (nSPS) is 11.2. The fourth-order valence-electron chi connectivity index (χ4n) is 2.68. The Bertz CT molecular complexity index is 960. The van der Waals surface area contributed by atoms with Crippen molar-refractivity contribution in [1.29, 1.82) is 0 Å². The van der Waals surface area contributed by atoms with E-state index in [0.29, 0.717) is 12.8 Å². The molecule has 8 heteroatoms. The van der Waals surface area contributed by atoms with Gasteiger partial charge in [-0.25, -0.2) is 9.18 Å². The summed E-state index contributed by atoms with van der Waals surface area (Å²) in [5.74, 6) is -0.505. The molecule has 0 atom stereocenters. The quantitative estimate of drug-likeness (QED) is 0.560. The highest BCUT2D eigenvalue weighted by Crippen LogP contribution is 2.17. The molecule has 0 amide bonds. The molecule has 1 aromatic heterocycles. The molecule has 0 bridgehead atoms. The van der Waals surface area contributed by atoms with Gasteiger partial charge < -0.3 is 0 Å². The van der Waals surface area contributed by atoms with Gasteiger partial charge in [-0.3, -0.25) is 24.0 Å². The van der Waals surface area contributed by atoms with Crippen LogP contribution in [0.3, 0.4) is 0 Å². The molecular formula is C18H20FN3O4. The second kappa shape index (κ2) is 8.37. The zero-order chi connectivity index (χ0) is 19.3. The molecule has 7 nitrogen and oxygen atoms in total. The molecule has 0 aliphatic carbocycles. The number of nitrogens with zero attached hydrogens (tertiary/aromatic N) is 3. The summed E-state index contributed by atoms with van der Waals surface area (Å²) in [6.07, 6.45) is 3.61. The highest BCUT2D eigenvalue weighted by molar-refractivity contribution is 5.72. The largest absolute Gasteiger partial charge is 0.357 e. The predicted octanol–water partition coefficient (Wildman–Crippen LogP) is 3.05. The van der Waals surface area contributed by atoms with Crippen LogP contribution < -0.4 is 11.2 Å². The van der Waals surface area contributed by atoms with E-state index in [0.717, 1.165) is 4.57 Å². The van der Waals surface area contributed by atoms with Crippen molar-refractivity contribution >= 4 is 17.8 Å². The molecule has 0 aliphatic heterocycles. The van der Waals surface area contributed by atoms with E-state index < -0.39 is 27.7 Å². The van der Waals surface area contributed by atoms with E-state index in [9.17, 15) is 24.1 Å². The summed E-state index contributed by atoms with van der Waals surface area (Å²) in [6.45, 7) is 3.89. The van der Waals surface area contributed by atoms with Gasteiger partial charge >= 0.3 is 16.9 Å². The average molecular weight is 361 g/mol. The van der Waals surface area contributed by atoms with E-state index in [1.54, 1.807) is 13.0 Å². The van der Waals surface area contributed by atoms with Crippen molar-refractivity contribution in [2.45, 2.75) is 39.8 Å². The average Bonchev–Trinajstić information content (AvgIpc) is 2.60. The third kappa shape index (κ3) is 3.79. The Hall–Kier alpha value is -3.03. The maximum absolute atomic E-state index is 13.8. The van der Waals surface area contributed by atoms with E-state index in [-0.39, 0.29) is 24.3 Å². The lowest BCUT2D eigenvalue weighted by atomic mass is 10.1. The van der Waals surface area contributed by atoms with E-state index in [2.05, 4.69) is 0 Å². The van der Waals surface area contributed by atoms with Crippen molar-refractivity contribution in [3.8, 4) is 0 Å². The third-order valence-electron chi connectivity index (χ3n) is 3.85. The molecule has 2 aromatic rings. The van der Waals surface area contributed by atoms with Gasteiger partial charge in [-0.1, -0.05) is 32.0 Å². The number of benzene rings is 1. The van der Waals surface area contributed by atoms with Crippen molar-refractivity contribution in [2.24, 2.45) is 0 Å². The highest BCUT2D eigenvalue weighted by Gasteiger charge is 2.25. The van der Waals surface area contributed by atoms with E-state index >= 15 is 0 Å². The summed E-state index contributed by atoms with van der Waals surface area (Å²) in [4.78, 5) is 35.8. The fraction of sp³-hybridized carbons (Fsp3) is 0.333. The Morgan fingerprint density at radius 3 is 2.27 bits per heavy atom. The van der Waals surface area contributed by atoms with Gasteiger partial charge in [0.15, 0.2) is 0 Å². The Balaban J connectivity index is 2.77. The van der Waals surface area contributed by atoms with Gasteiger partial charge in [0.05, 0.1) is 4.92 Å². The van der Waals surface area contributed by atoms with Gasteiger partial charge in [-0.15, -0.1) is 0 Å². The Kier molecular flexibility index (Phi) is 6.21. The molecule has 1 heterocycles. The summed E-state index contributed by atoms with van der Waals surface area (Å²) in [5, 5.41) is 11.5. The molecule has 26 heavy (non-hydrogen) atoms. The minimum atomic E-state index is -0.942. The minimum absolute atomic E-state index is 0.0968. The van der Waals surface area contributed by atoms with Crippen molar-refractivity contribution in [1.82, 2.24) is 9.13 Å². The SMILES string of the molecule is CCCn1c(/C=C/c2ccccc2F)c([N+](=O)[O-])c(=O)n(CCC)c1=O. The molecule has 138 valence electrons. The number of rotatable bonds is 7. The molecule has 0 fully saturated rings. The van der Waals surface area contributed by atoms with E-state index in [1.165, 1.54) is 34.9 Å². The summed E-state index contributed by atoms with van der Waals surface area (Å²) in [7, 11) is 0. The number of nitro groups is 1. The monoisotopic (exact) mass is 361 g/mol. The van der Waals surface area contributed by atoms with E-state index in [4.69, 9.17) is 0 Å². The number of hydrogen-bond acceptors (Lipinski definition) is 4. The molecule has 0 aliphatic rings. The topological polar surface area (TPSA) is 87.1 Å². The summed E-state index contributed by atoms with van der Waals surface area (Å²) in [5.41, 5.74) is -2.14. The van der Waals surface area contributed by atoms with Crippen molar-refractivity contribution in [3.05, 3.63) is 72.3 Å². The fourth-order valence-corrected chi connectivity index (χ4v) is 2.68. The van der Waals surface area contributed by atoms with Gasteiger partial charge in [0.1, 0.15) is 11.5 Å². The van der Waals surface area contributed by atoms with Crippen LogP contribution in [0, 0.1) is 15.9 Å². The summed E-state index contributed by atoms with van der Waals surface area (Å²) >= 11 is 0. The van der Waals surface area contributed by atoms with Gasteiger partial charge in [0.2, 0.25) is 0 Å². The van der Waals surface area contributed by atoms with Crippen LogP contribution in [0.15, 0.2) is 33.9 Å². The van der Waals surface area contributed by atoms with Crippen LogP contribution in [0.5, 0.6) is 0 Å². The standard InChI is InChI=1S/C18H20FN3O4/c1-3-11-20-15(10-9-13-7-5-6-8-14(13)19)16(22(25)26)17(23)21(12-4-2)18(20)24/h5-10H,3-4,11-12H2,1-2H3/b10-9+. The Morgan fingerprint density at radius 1 is 1.08 bits per heavy atom. The van der Waals surface area contributed by atoms with E-state index in [1.807, 2.05) is 6.92 Å². The van der Waals surface area contributed by atoms with Crippen LogP contribution in [-0.2, 0) is 13.1 Å². The molecule has 2 rings (SSSR count). The first-order chi connectivity index (χ1) is 12.4. The van der Waals surface area contributed by atoms with Crippen molar-refractivity contribution in [2.75, 3.05) is 0 Å². The van der Waals surface area contributed by atoms with Crippen LogP contribution >= 0.6 is 0 Å². The second-order valence-electron chi connectivity index (χ2n) is 5.74. The zero-order valence-electron chi connectivity index (χ0n) is 14.6. The van der Waals surface area contributed by atoms with Crippen molar-refractivity contribution < 1.29 is 9.31 Å². The smallest absolute Gasteiger partial charge is 0.287 e. The maximum Gasteiger partial charge on any atom is 0.357 e. The first-order valence-electron chi connectivity index (χ1n) is 8.37.